The van der Waals surface area contributed by atoms with E-state index in [1.807, 2.05) is 0 Å². The number of hydrogen-bond donors (Lipinski definition) is 0. The molecule has 1 saturated heterocycles. The highest BCUT2D eigenvalue weighted by molar-refractivity contribution is 6.74. The first kappa shape index (κ1) is 18.2. The van der Waals surface area contributed by atoms with Crippen LogP contribution in [0.5, 0.6) is 0 Å². The third-order valence-corrected chi connectivity index (χ3v) is 10.4. The normalized spacial score (nSPS) is 28.1. The van der Waals surface area contributed by atoms with E-state index >= 15 is 0 Å². The molecule has 0 N–H and O–H groups in total. The van der Waals surface area contributed by atoms with Crippen molar-refractivity contribution >= 4 is 15.4 Å². The van der Waals surface area contributed by atoms with Crippen molar-refractivity contribution in [1.82, 2.24) is 0 Å². The van der Waals surface area contributed by atoms with Gasteiger partial charge >= 0.3 is 7.12 Å². The summed E-state index contributed by atoms with van der Waals surface area (Å²) >= 11 is 0. The molecule has 0 radical (unpaired) electrons. The molecule has 5 heteroatoms. The van der Waals surface area contributed by atoms with Gasteiger partial charge in [-0.2, -0.15) is 0 Å². The molecule has 0 unspecified atom stereocenters. The van der Waals surface area contributed by atoms with E-state index in [1.54, 1.807) is 0 Å². The maximum atomic E-state index is 6.64. The van der Waals surface area contributed by atoms with Crippen LogP contribution in [0.25, 0.3) is 0 Å². The Bertz CT molecular complexity index is 447. The van der Waals surface area contributed by atoms with Gasteiger partial charge in [-0.25, -0.2) is 0 Å². The van der Waals surface area contributed by atoms with Crippen LogP contribution in [0.3, 0.4) is 0 Å². The lowest BCUT2D eigenvalue weighted by atomic mass is 9.76. The van der Waals surface area contributed by atoms with E-state index in [1.165, 1.54) is 5.47 Å². The summed E-state index contributed by atoms with van der Waals surface area (Å²) in [5, 5.41) is 0.219. The molecule has 0 saturated carbocycles. The number of rotatable bonds is 3. The molecule has 1 aliphatic heterocycles. The summed E-state index contributed by atoms with van der Waals surface area (Å²) in [6.07, 6.45) is 4.51. The molecule has 0 aromatic heterocycles. The summed E-state index contributed by atoms with van der Waals surface area (Å²) in [5.74, 6) is 0. The van der Waals surface area contributed by atoms with Crippen molar-refractivity contribution in [3.8, 4) is 0 Å². The van der Waals surface area contributed by atoms with Gasteiger partial charge in [0, 0.05) is 0 Å². The minimum absolute atomic E-state index is 0.149. The highest BCUT2D eigenvalue weighted by Crippen LogP contribution is 2.43. The van der Waals surface area contributed by atoms with E-state index < -0.39 is 8.32 Å². The van der Waals surface area contributed by atoms with Crippen LogP contribution >= 0.6 is 0 Å². The number of hydrogen-bond acceptors (Lipinski definition) is 3. The highest BCUT2D eigenvalue weighted by atomic mass is 28.4. The van der Waals surface area contributed by atoms with E-state index in [2.05, 4.69) is 67.6 Å². The highest BCUT2D eigenvalue weighted by Gasteiger charge is 2.54. The van der Waals surface area contributed by atoms with Crippen LogP contribution in [0.1, 0.15) is 61.3 Å². The minimum atomic E-state index is -1.79. The molecule has 2 rings (SSSR count). The molecule has 1 aliphatic carbocycles. The third-order valence-electron chi connectivity index (χ3n) is 5.95. The molecule has 0 amide bonds. The van der Waals surface area contributed by atoms with Gasteiger partial charge in [-0.3, -0.25) is 0 Å². The van der Waals surface area contributed by atoms with Gasteiger partial charge < -0.3 is 13.7 Å². The molecule has 1 fully saturated rings. The predicted molar refractivity (Wildman–Crippen MR) is 95.5 cm³/mol. The Morgan fingerprint density at radius 2 is 1.64 bits per heavy atom. The first-order chi connectivity index (χ1) is 9.77. The lowest BCUT2D eigenvalue weighted by Gasteiger charge is -2.39. The average molecular weight is 324 g/mol. The second-order valence-electron chi connectivity index (χ2n) is 9.24. The third kappa shape index (κ3) is 3.23. The Labute approximate surface area is 138 Å². The molecular formula is C17H33BO3Si. The van der Waals surface area contributed by atoms with Gasteiger partial charge in [-0.15, -0.1) is 0 Å². The Morgan fingerprint density at radius 1 is 1.14 bits per heavy atom. The molecule has 0 aromatic carbocycles. The van der Waals surface area contributed by atoms with Crippen LogP contribution in [0, 0.1) is 0 Å². The fraction of sp³-hybridized carbons (Fsp3) is 0.882. The minimum Gasteiger partial charge on any atom is -0.411 e. The molecule has 1 atom stereocenters. The van der Waals surface area contributed by atoms with Crippen LogP contribution < -0.4 is 0 Å². The molecule has 126 valence electrons. The monoisotopic (exact) mass is 324 g/mol. The second kappa shape index (κ2) is 5.47. The lowest BCUT2D eigenvalue weighted by molar-refractivity contribution is 0.00578. The topological polar surface area (TPSA) is 27.7 Å². The maximum Gasteiger partial charge on any atom is 0.492 e. The Morgan fingerprint density at radius 3 is 2.09 bits per heavy atom. The quantitative estimate of drug-likeness (QED) is 0.703. The van der Waals surface area contributed by atoms with Crippen molar-refractivity contribution < 1.29 is 13.7 Å². The van der Waals surface area contributed by atoms with Crippen molar-refractivity contribution in [3.63, 3.8) is 0 Å². The molecule has 0 aromatic rings. The summed E-state index contributed by atoms with van der Waals surface area (Å²) in [7, 11) is -2.05. The standard InChI is InChI=1S/C17H33BO3Si/c1-15(2,3)22(8,9)19-14-12-10-11-13(14)18-20-16(4,5)17(6,7)21-18/h11,14H,10,12H2,1-9H3/t14-/m0/s1. The largest absolute Gasteiger partial charge is 0.492 e. The van der Waals surface area contributed by atoms with Gasteiger partial charge in [-0.1, -0.05) is 26.8 Å². The van der Waals surface area contributed by atoms with E-state index in [4.69, 9.17) is 13.7 Å². The van der Waals surface area contributed by atoms with Gasteiger partial charge in [0.05, 0.1) is 17.3 Å². The molecule has 0 bridgehead atoms. The predicted octanol–water partition coefficient (Wildman–Crippen LogP) is 4.73. The fourth-order valence-electron chi connectivity index (χ4n) is 2.59. The van der Waals surface area contributed by atoms with Gasteiger partial charge in [0.25, 0.3) is 0 Å². The van der Waals surface area contributed by atoms with Crippen molar-refractivity contribution in [1.29, 1.82) is 0 Å². The van der Waals surface area contributed by atoms with Gasteiger partial charge in [0.15, 0.2) is 8.32 Å². The van der Waals surface area contributed by atoms with Crippen LogP contribution in [-0.2, 0) is 13.7 Å². The summed E-state index contributed by atoms with van der Waals surface area (Å²) in [6.45, 7) is 19.9. The van der Waals surface area contributed by atoms with Crippen LogP contribution in [0.2, 0.25) is 18.1 Å². The summed E-state index contributed by atoms with van der Waals surface area (Å²) in [5.41, 5.74) is 0.620. The lowest BCUT2D eigenvalue weighted by Crippen LogP contribution is -2.45. The first-order valence-electron chi connectivity index (χ1n) is 8.50. The zero-order valence-corrected chi connectivity index (χ0v) is 16.9. The molecule has 0 spiro atoms. The Kier molecular flexibility index (Phi) is 4.54. The summed E-state index contributed by atoms with van der Waals surface area (Å²) in [4.78, 5) is 0. The molecule has 1 heterocycles. The Hall–Kier alpha value is -0.0982. The van der Waals surface area contributed by atoms with Gasteiger partial charge in [-0.05, 0) is 64.1 Å². The van der Waals surface area contributed by atoms with Crippen molar-refractivity contribution in [2.45, 2.75) is 96.7 Å². The molecule has 2 aliphatic rings. The molecule has 22 heavy (non-hydrogen) atoms. The molecule has 3 nitrogen and oxygen atoms in total. The summed E-state index contributed by atoms with van der Waals surface area (Å²) in [6, 6.07) is 0. The SMILES string of the molecule is CC1(C)OB(C2=CCC[C@@H]2O[Si](C)(C)C(C)(C)C)OC1(C)C. The first-order valence-corrected chi connectivity index (χ1v) is 11.4. The fourth-order valence-corrected chi connectivity index (χ4v) is 3.90. The smallest absolute Gasteiger partial charge is 0.411 e. The van der Waals surface area contributed by atoms with Crippen molar-refractivity contribution in [3.05, 3.63) is 11.5 Å². The number of allylic oxidation sites excluding steroid dienone is 1. The second-order valence-corrected chi connectivity index (χ2v) is 14.0. The van der Waals surface area contributed by atoms with Crippen molar-refractivity contribution in [2.24, 2.45) is 0 Å². The molecular weight excluding hydrogens is 291 g/mol. The summed E-state index contributed by atoms with van der Waals surface area (Å²) < 4.78 is 19.1. The van der Waals surface area contributed by atoms with Crippen LogP contribution in [-0.4, -0.2) is 32.7 Å². The average Bonchev–Trinajstić information content (AvgIpc) is 2.80. The van der Waals surface area contributed by atoms with E-state index in [0.717, 1.165) is 12.8 Å². The Balaban J connectivity index is 2.13. The van der Waals surface area contributed by atoms with Gasteiger partial charge in [0.2, 0.25) is 0 Å². The van der Waals surface area contributed by atoms with E-state index in [0.29, 0.717) is 0 Å². The van der Waals surface area contributed by atoms with Gasteiger partial charge in [0.1, 0.15) is 0 Å². The van der Waals surface area contributed by atoms with Crippen LogP contribution in [0.4, 0.5) is 0 Å². The van der Waals surface area contributed by atoms with E-state index in [-0.39, 0.29) is 29.5 Å². The zero-order valence-electron chi connectivity index (χ0n) is 15.9. The zero-order chi connectivity index (χ0) is 17.0. The maximum absolute atomic E-state index is 6.64. The van der Waals surface area contributed by atoms with E-state index in [9.17, 15) is 0 Å². The van der Waals surface area contributed by atoms with Crippen LogP contribution in [0.15, 0.2) is 11.5 Å². The van der Waals surface area contributed by atoms with Crippen molar-refractivity contribution in [2.75, 3.05) is 0 Å².